The van der Waals surface area contributed by atoms with Gasteiger partial charge in [0.25, 0.3) is 0 Å². The normalized spacial score (nSPS) is 18.4. The van der Waals surface area contributed by atoms with E-state index in [2.05, 4.69) is 16.0 Å². The van der Waals surface area contributed by atoms with Crippen molar-refractivity contribution in [3.8, 4) is 0 Å². The van der Waals surface area contributed by atoms with Crippen LogP contribution < -0.4 is 16.0 Å². The highest BCUT2D eigenvalue weighted by atomic mass is 35.5. The summed E-state index contributed by atoms with van der Waals surface area (Å²) in [7, 11) is 0. The molecule has 26 heavy (non-hydrogen) atoms. The third-order valence-corrected chi connectivity index (χ3v) is 4.65. The molecule has 0 spiro atoms. The minimum absolute atomic E-state index is 0.158. The fourth-order valence-electron chi connectivity index (χ4n) is 3.00. The molecule has 0 bridgehead atoms. The molecule has 0 aromatic heterocycles. The van der Waals surface area contributed by atoms with Crippen LogP contribution in [0.25, 0.3) is 0 Å². The van der Waals surface area contributed by atoms with Crippen molar-refractivity contribution >= 4 is 46.6 Å². The van der Waals surface area contributed by atoms with E-state index in [0.717, 1.165) is 5.56 Å². The number of hydrogen-bond acceptors (Lipinski definition) is 3. The maximum atomic E-state index is 12.4. The van der Waals surface area contributed by atoms with Crippen LogP contribution in [0.4, 0.5) is 16.2 Å². The van der Waals surface area contributed by atoms with Gasteiger partial charge in [-0.3, -0.25) is 0 Å². The molecule has 2 atom stereocenters. The highest BCUT2D eigenvalue weighted by Gasteiger charge is 2.33. The number of carboxylic acids is 1. The number of rotatable bonds is 3. The summed E-state index contributed by atoms with van der Waals surface area (Å²) in [6, 6.07) is 8.67. The molecule has 136 valence electrons. The van der Waals surface area contributed by atoms with Crippen molar-refractivity contribution in [1.29, 1.82) is 0 Å². The molecule has 4 N–H and O–H groups in total. The quantitative estimate of drug-likeness (QED) is 0.620. The highest BCUT2D eigenvalue weighted by Crippen LogP contribution is 2.39. The Morgan fingerprint density at radius 3 is 2.69 bits per heavy atom. The number of fused-ring (bicyclic) bond motifs is 1. The summed E-state index contributed by atoms with van der Waals surface area (Å²) >= 11 is 12.3. The molecule has 8 heteroatoms. The minimum Gasteiger partial charge on any atom is -0.480 e. The molecule has 2 aromatic rings. The fourth-order valence-corrected chi connectivity index (χ4v) is 3.63. The van der Waals surface area contributed by atoms with E-state index in [1.54, 1.807) is 18.2 Å². The SMILES string of the molecule is Cc1cccc(NC(=O)N[C@@H]2C[C@@H](C(=O)O)Nc3cc(Cl)cc(Cl)c32)c1. The number of amides is 2. The Bertz CT molecular complexity index is 873. The molecule has 0 aliphatic carbocycles. The predicted octanol–water partition coefficient (Wildman–Crippen LogP) is 4.43. The molecule has 0 fully saturated rings. The second-order valence-corrected chi connectivity index (χ2v) is 6.98. The van der Waals surface area contributed by atoms with Crippen LogP contribution in [0, 0.1) is 6.92 Å². The van der Waals surface area contributed by atoms with Crippen LogP contribution in [0.1, 0.15) is 23.6 Å². The number of benzene rings is 2. The van der Waals surface area contributed by atoms with Crippen LogP contribution >= 0.6 is 23.2 Å². The lowest BCUT2D eigenvalue weighted by Crippen LogP contribution is -2.42. The number of anilines is 2. The van der Waals surface area contributed by atoms with E-state index in [9.17, 15) is 14.7 Å². The van der Waals surface area contributed by atoms with Crippen LogP contribution in [-0.4, -0.2) is 23.1 Å². The summed E-state index contributed by atoms with van der Waals surface area (Å²) in [5.41, 5.74) is 2.78. The van der Waals surface area contributed by atoms with E-state index in [-0.39, 0.29) is 6.42 Å². The van der Waals surface area contributed by atoms with Gasteiger partial charge in [-0.05, 0) is 36.8 Å². The van der Waals surface area contributed by atoms with Crippen LogP contribution in [0.2, 0.25) is 10.0 Å². The lowest BCUT2D eigenvalue weighted by molar-refractivity contribution is -0.138. The van der Waals surface area contributed by atoms with Crippen molar-refractivity contribution in [2.45, 2.75) is 25.4 Å². The summed E-state index contributed by atoms with van der Waals surface area (Å²) in [5.74, 6) is -1.02. The van der Waals surface area contributed by atoms with Crippen molar-refractivity contribution in [3.63, 3.8) is 0 Å². The minimum atomic E-state index is -1.02. The first-order valence-corrected chi connectivity index (χ1v) is 8.71. The number of aliphatic carboxylic acids is 1. The molecule has 2 amide bonds. The summed E-state index contributed by atoms with van der Waals surface area (Å²) in [5, 5.41) is 18.6. The van der Waals surface area contributed by atoms with Crippen molar-refractivity contribution in [2.24, 2.45) is 0 Å². The van der Waals surface area contributed by atoms with Crippen LogP contribution in [0.3, 0.4) is 0 Å². The largest absolute Gasteiger partial charge is 0.480 e. The first kappa shape index (κ1) is 18.4. The van der Waals surface area contributed by atoms with Gasteiger partial charge in [0.15, 0.2) is 0 Å². The molecule has 0 unspecified atom stereocenters. The lowest BCUT2D eigenvalue weighted by Gasteiger charge is -2.32. The van der Waals surface area contributed by atoms with Gasteiger partial charge in [0.05, 0.1) is 6.04 Å². The number of urea groups is 1. The summed E-state index contributed by atoms with van der Waals surface area (Å²) in [4.78, 5) is 23.8. The zero-order valence-corrected chi connectivity index (χ0v) is 15.4. The van der Waals surface area contributed by atoms with Crippen LogP contribution in [0.5, 0.6) is 0 Å². The topological polar surface area (TPSA) is 90.5 Å². The Hall–Kier alpha value is -2.44. The van der Waals surface area contributed by atoms with E-state index in [1.807, 2.05) is 25.1 Å². The van der Waals surface area contributed by atoms with E-state index in [0.29, 0.717) is 27.0 Å². The van der Waals surface area contributed by atoms with Gasteiger partial charge in [0, 0.05) is 33.4 Å². The van der Waals surface area contributed by atoms with Gasteiger partial charge in [-0.2, -0.15) is 0 Å². The van der Waals surface area contributed by atoms with E-state index in [4.69, 9.17) is 23.2 Å². The molecule has 0 radical (unpaired) electrons. The summed E-state index contributed by atoms with van der Waals surface area (Å²) in [6.07, 6.45) is 0.158. The Kier molecular flexibility index (Phi) is 5.25. The second-order valence-electron chi connectivity index (χ2n) is 6.14. The number of halogens is 2. The molecule has 1 heterocycles. The lowest BCUT2D eigenvalue weighted by atomic mass is 9.93. The molecule has 0 saturated carbocycles. The molecule has 2 aromatic carbocycles. The molecule has 6 nitrogen and oxygen atoms in total. The van der Waals surface area contributed by atoms with Crippen LogP contribution in [0.15, 0.2) is 36.4 Å². The van der Waals surface area contributed by atoms with Crippen molar-refractivity contribution in [2.75, 3.05) is 10.6 Å². The average Bonchev–Trinajstić information content (AvgIpc) is 2.53. The van der Waals surface area contributed by atoms with Gasteiger partial charge in [0.1, 0.15) is 6.04 Å². The summed E-state index contributed by atoms with van der Waals surface area (Å²) in [6.45, 7) is 1.92. The zero-order valence-electron chi connectivity index (χ0n) is 13.8. The first-order valence-electron chi connectivity index (χ1n) is 7.96. The number of aryl methyl sites for hydroxylation is 1. The van der Waals surface area contributed by atoms with Gasteiger partial charge >= 0.3 is 12.0 Å². The number of carboxylic acid groups (broad SMARTS) is 1. The Morgan fingerprint density at radius 1 is 1.23 bits per heavy atom. The summed E-state index contributed by atoms with van der Waals surface area (Å²) < 4.78 is 0. The first-order chi connectivity index (χ1) is 12.3. The predicted molar refractivity (Wildman–Crippen MR) is 102 cm³/mol. The van der Waals surface area contributed by atoms with E-state index < -0.39 is 24.1 Å². The standard InChI is InChI=1S/C18H17Cl2N3O3/c1-9-3-2-4-11(5-9)21-18(26)23-14-8-15(17(24)25)22-13-7-10(19)6-12(20)16(13)14/h2-7,14-15,22H,8H2,1H3,(H,24,25)(H2,21,23,26)/t14-,15+/m1/s1. The van der Waals surface area contributed by atoms with Crippen molar-refractivity contribution < 1.29 is 14.7 Å². The molecule has 3 rings (SSSR count). The van der Waals surface area contributed by atoms with E-state index in [1.165, 1.54) is 0 Å². The van der Waals surface area contributed by atoms with Gasteiger partial charge < -0.3 is 21.1 Å². The monoisotopic (exact) mass is 393 g/mol. The molecule has 1 aliphatic rings. The fraction of sp³-hybridized carbons (Fsp3) is 0.222. The highest BCUT2D eigenvalue weighted by molar-refractivity contribution is 6.35. The molecule has 0 saturated heterocycles. The number of carbonyl (C=O) groups excluding carboxylic acids is 1. The van der Waals surface area contributed by atoms with Gasteiger partial charge in [-0.15, -0.1) is 0 Å². The Morgan fingerprint density at radius 2 is 2.00 bits per heavy atom. The number of hydrogen-bond donors (Lipinski definition) is 4. The average molecular weight is 394 g/mol. The number of nitrogens with one attached hydrogen (secondary N) is 3. The maximum Gasteiger partial charge on any atom is 0.326 e. The Labute approximate surface area is 160 Å². The second kappa shape index (κ2) is 7.43. The molecular formula is C18H17Cl2N3O3. The van der Waals surface area contributed by atoms with Crippen molar-refractivity contribution in [3.05, 3.63) is 57.6 Å². The number of carbonyl (C=O) groups is 2. The van der Waals surface area contributed by atoms with Crippen molar-refractivity contribution in [1.82, 2.24) is 5.32 Å². The molecular weight excluding hydrogens is 377 g/mol. The van der Waals surface area contributed by atoms with Gasteiger partial charge in [-0.25, -0.2) is 9.59 Å². The Balaban J connectivity index is 1.84. The van der Waals surface area contributed by atoms with Gasteiger partial charge in [0.2, 0.25) is 0 Å². The zero-order chi connectivity index (χ0) is 18.8. The third-order valence-electron chi connectivity index (χ3n) is 4.12. The smallest absolute Gasteiger partial charge is 0.326 e. The maximum absolute atomic E-state index is 12.4. The van der Waals surface area contributed by atoms with E-state index >= 15 is 0 Å². The van der Waals surface area contributed by atoms with Gasteiger partial charge in [-0.1, -0.05) is 35.3 Å². The third kappa shape index (κ3) is 4.03. The molecule has 1 aliphatic heterocycles. The van der Waals surface area contributed by atoms with Crippen LogP contribution in [-0.2, 0) is 4.79 Å².